The van der Waals surface area contributed by atoms with E-state index < -0.39 is 28.2 Å². The number of hydrogen-bond acceptors (Lipinski definition) is 11. The molecule has 8 rings (SSSR count). The maximum atomic E-state index is 12.9. The lowest BCUT2D eigenvalue weighted by Crippen LogP contribution is -2.52. The number of nitrogens with one attached hydrogen (secondary N) is 3. The second-order valence-corrected chi connectivity index (χ2v) is 28.2. The SMILES string of the molecule is C[Si](C)(C)C#CC=O.C[Si](C)(C)C#CCN1CCN(c2ccc3c(c2)CN(C2CCC(=O)NC2=O)C3=O)CC1.O=C1CCC(N2Cc3cc(N4CCNCC4)ccc3C2=O)C(=O)N1. The smallest absolute Gasteiger partial charge is 0.255 e. The number of carbonyl (C=O) groups excluding carboxylic acids is 7. The number of rotatable bonds is 5. The standard InChI is InChI=1S/C23H30N4O3Si.C17H20N4O3.C6H10OSi/c1-31(2,3)14-4-9-25-10-12-26(13-11-25)18-5-6-19-17(15-18)16-27(23(19)30)20-7-8-21(28)24-22(20)29;22-15-4-3-14(16(23)19-15)21-10-11-9-12(1-2-13(11)17(21)24)20-7-5-18-6-8-20;1-8(2,3)6-4-5-7/h5-6,15,20H,7-13,16H2,1-3H3,(H,24,28,29);1-2,9,14,18H,3-8,10H2,(H,19,22,23);5H,1-3H3. The van der Waals surface area contributed by atoms with E-state index in [0.29, 0.717) is 43.3 Å². The van der Waals surface area contributed by atoms with Gasteiger partial charge in [0.2, 0.25) is 23.6 Å². The van der Waals surface area contributed by atoms with Crippen molar-refractivity contribution in [3.63, 3.8) is 0 Å². The highest BCUT2D eigenvalue weighted by Crippen LogP contribution is 2.32. The van der Waals surface area contributed by atoms with Crippen molar-refractivity contribution in [1.29, 1.82) is 0 Å². The Hall–Kier alpha value is -5.60. The second kappa shape index (κ2) is 20.3. The summed E-state index contributed by atoms with van der Waals surface area (Å²) < 4.78 is 0. The summed E-state index contributed by atoms with van der Waals surface area (Å²) in [6.45, 7) is 22.4. The highest BCUT2D eigenvalue weighted by molar-refractivity contribution is 6.84. The van der Waals surface area contributed by atoms with Crippen LogP contribution in [0.15, 0.2) is 36.4 Å². The molecule has 0 radical (unpaired) electrons. The molecule has 0 aromatic heterocycles. The first-order valence-corrected chi connectivity index (χ1v) is 28.9. The summed E-state index contributed by atoms with van der Waals surface area (Å²) in [5.41, 5.74) is 11.8. The van der Waals surface area contributed by atoms with E-state index in [1.54, 1.807) is 9.80 Å². The number of fused-ring (bicyclic) bond motifs is 2. The van der Waals surface area contributed by atoms with Crippen LogP contribution in [0.25, 0.3) is 0 Å². The number of hydrogen-bond donors (Lipinski definition) is 3. The van der Waals surface area contributed by atoms with Crippen LogP contribution in [0.2, 0.25) is 39.3 Å². The largest absolute Gasteiger partial charge is 0.369 e. The van der Waals surface area contributed by atoms with Gasteiger partial charge in [-0.05, 0) is 66.3 Å². The molecule has 6 amide bonds. The van der Waals surface area contributed by atoms with Crippen molar-refractivity contribution in [1.82, 2.24) is 30.7 Å². The lowest BCUT2D eigenvalue weighted by molar-refractivity contribution is -0.138. The molecule has 2 atom stereocenters. The van der Waals surface area contributed by atoms with Crippen LogP contribution >= 0.6 is 0 Å². The Labute approximate surface area is 372 Å². The average molecular weight is 893 g/mol. The summed E-state index contributed by atoms with van der Waals surface area (Å²) >= 11 is 0. The summed E-state index contributed by atoms with van der Waals surface area (Å²) in [5, 5.41) is 8.01. The molecule has 4 fully saturated rings. The molecule has 17 heteroatoms. The summed E-state index contributed by atoms with van der Waals surface area (Å²) in [5.74, 6) is 4.27. The van der Waals surface area contributed by atoms with Gasteiger partial charge in [0.15, 0.2) is 6.29 Å². The molecule has 6 aliphatic rings. The minimum absolute atomic E-state index is 0.119. The van der Waals surface area contributed by atoms with Gasteiger partial charge in [-0.15, -0.1) is 11.1 Å². The van der Waals surface area contributed by atoms with Gasteiger partial charge in [-0.3, -0.25) is 49.1 Å². The van der Waals surface area contributed by atoms with Gasteiger partial charge < -0.3 is 24.9 Å². The van der Waals surface area contributed by atoms with Crippen LogP contribution in [0.1, 0.15) is 57.5 Å². The van der Waals surface area contributed by atoms with Crippen molar-refractivity contribution in [2.75, 3.05) is 68.7 Å². The van der Waals surface area contributed by atoms with Crippen LogP contribution in [0.4, 0.5) is 11.4 Å². The Bertz CT molecular complexity index is 2250. The van der Waals surface area contributed by atoms with Gasteiger partial charge in [0, 0.05) is 101 Å². The molecule has 2 aromatic rings. The Morgan fingerprint density at radius 1 is 0.635 bits per heavy atom. The molecule has 2 unspecified atom stereocenters. The molecule has 0 bridgehead atoms. The summed E-state index contributed by atoms with van der Waals surface area (Å²) in [6.07, 6.45) is 1.99. The van der Waals surface area contributed by atoms with E-state index in [1.165, 1.54) is 0 Å². The van der Waals surface area contributed by atoms with E-state index in [-0.39, 0.29) is 48.3 Å². The number of imide groups is 2. The zero-order valence-electron chi connectivity index (χ0n) is 37.4. The van der Waals surface area contributed by atoms with Crippen LogP contribution in [0, 0.1) is 22.9 Å². The Kier molecular flexibility index (Phi) is 15.1. The lowest BCUT2D eigenvalue weighted by atomic mass is 10.0. The van der Waals surface area contributed by atoms with Gasteiger partial charge in [0.1, 0.15) is 28.2 Å². The summed E-state index contributed by atoms with van der Waals surface area (Å²) in [6, 6.07) is 10.8. The second-order valence-electron chi connectivity index (χ2n) is 18.7. The van der Waals surface area contributed by atoms with Gasteiger partial charge in [0.25, 0.3) is 11.8 Å². The molecule has 15 nitrogen and oxygen atoms in total. The zero-order chi connectivity index (χ0) is 45.5. The highest BCUT2D eigenvalue weighted by atomic mass is 28.3. The van der Waals surface area contributed by atoms with Crippen LogP contribution < -0.4 is 25.8 Å². The third kappa shape index (κ3) is 12.3. The predicted octanol–water partition coefficient (Wildman–Crippen LogP) is 2.37. The normalized spacial score (nSPS) is 21.3. The molecular formula is C46H60N8O7Si2. The molecule has 6 heterocycles. The first kappa shape index (κ1) is 46.9. The van der Waals surface area contributed by atoms with Gasteiger partial charge in [-0.1, -0.05) is 45.2 Å². The topological polar surface area (TPSA) is 172 Å². The minimum atomic E-state index is -1.32. The van der Waals surface area contributed by atoms with Crippen molar-refractivity contribution in [2.24, 2.45) is 0 Å². The van der Waals surface area contributed by atoms with Gasteiger partial charge in [-0.25, -0.2) is 0 Å². The lowest BCUT2D eigenvalue weighted by Gasteiger charge is -2.35. The summed E-state index contributed by atoms with van der Waals surface area (Å²) in [4.78, 5) is 92.5. The quantitative estimate of drug-likeness (QED) is 0.174. The number of carbonyl (C=O) groups is 7. The average Bonchev–Trinajstić information content (AvgIpc) is 3.74. The van der Waals surface area contributed by atoms with Crippen LogP contribution in [-0.2, 0) is 37.1 Å². The molecule has 0 spiro atoms. The number of amides is 6. The first-order chi connectivity index (χ1) is 29.9. The van der Waals surface area contributed by atoms with E-state index in [4.69, 9.17) is 0 Å². The van der Waals surface area contributed by atoms with E-state index >= 15 is 0 Å². The third-order valence-electron chi connectivity index (χ3n) is 11.5. The maximum absolute atomic E-state index is 12.9. The first-order valence-electron chi connectivity index (χ1n) is 21.9. The number of piperazine rings is 2. The predicted molar refractivity (Wildman–Crippen MR) is 247 cm³/mol. The number of nitrogens with zero attached hydrogens (tertiary/aromatic N) is 5. The number of piperidine rings is 2. The van der Waals surface area contributed by atoms with Crippen molar-refractivity contribution < 1.29 is 33.6 Å². The third-order valence-corrected chi connectivity index (χ3v) is 13.3. The Morgan fingerprint density at radius 2 is 1.10 bits per heavy atom. The zero-order valence-corrected chi connectivity index (χ0v) is 39.4. The number of benzene rings is 2. The van der Waals surface area contributed by atoms with Crippen molar-refractivity contribution in [2.45, 2.75) is 90.1 Å². The fourth-order valence-corrected chi connectivity index (χ4v) is 9.37. The highest BCUT2D eigenvalue weighted by Gasteiger charge is 2.40. The van der Waals surface area contributed by atoms with Crippen LogP contribution in [0.5, 0.6) is 0 Å². The van der Waals surface area contributed by atoms with Gasteiger partial charge in [-0.2, -0.15) is 0 Å². The fourth-order valence-electron chi connectivity index (χ4n) is 8.26. The minimum Gasteiger partial charge on any atom is -0.369 e. The molecule has 0 aliphatic carbocycles. The molecule has 0 saturated carbocycles. The van der Waals surface area contributed by atoms with E-state index in [0.717, 1.165) is 81.4 Å². The molecule has 63 heavy (non-hydrogen) atoms. The van der Waals surface area contributed by atoms with Gasteiger partial charge in [0.05, 0.1) is 6.54 Å². The van der Waals surface area contributed by atoms with E-state index in [9.17, 15) is 33.6 Å². The van der Waals surface area contributed by atoms with Crippen LogP contribution in [-0.4, -0.2) is 144 Å². The monoisotopic (exact) mass is 892 g/mol. The Balaban J connectivity index is 0.000000183. The van der Waals surface area contributed by atoms with Crippen molar-refractivity contribution in [3.8, 4) is 22.9 Å². The fraction of sp³-hybridized carbons (Fsp3) is 0.500. The van der Waals surface area contributed by atoms with E-state index in [2.05, 4.69) is 105 Å². The van der Waals surface area contributed by atoms with Crippen molar-refractivity contribution >= 4 is 69.3 Å². The molecule has 4 saturated heterocycles. The molecule has 2 aromatic carbocycles. The Morgan fingerprint density at radius 3 is 1.51 bits per heavy atom. The molecular weight excluding hydrogens is 833 g/mol. The number of anilines is 2. The molecule has 6 aliphatic heterocycles. The molecule has 334 valence electrons. The van der Waals surface area contributed by atoms with E-state index in [1.807, 2.05) is 24.3 Å². The maximum Gasteiger partial charge on any atom is 0.255 e. The van der Waals surface area contributed by atoms with Gasteiger partial charge >= 0.3 is 0 Å². The van der Waals surface area contributed by atoms with Crippen molar-refractivity contribution in [3.05, 3.63) is 58.7 Å². The molecule has 3 N–H and O–H groups in total. The van der Waals surface area contributed by atoms with Crippen LogP contribution in [0.3, 0.4) is 0 Å². The number of aldehydes is 1. The summed E-state index contributed by atoms with van der Waals surface area (Å²) in [7, 11) is -2.59.